The van der Waals surface area contributed by atoms with Crippen molar-refractivity contribution in [1.29, 1.82) is 0 Å². The van der Waals surface area contributed by atoms with Crippen molar-refractivity contribution in [3.05, 3.63) is 76.5 Å². The van der Waals surface area contributed by atoms with Crippen LogP contribution in [0, 0.1) is 0 Å². The molecule has 0 spiro atoms. The summed E-state index contributed by atoms with van der Waals surface area (Å²) in [7, 11) is 1.85. The van der Waals surface area contributed by atoms with Crippen molar-refractivity contribution in [2.75, 3.05) is 0 Å². The van der Waals surface area contributed by atoms with Crippen molar-refractivity contribution in [1.82, 2.24) is 14.8 Å². The predicted octanol–water partition coefficient (Wildman–Crippen LogP) is 4.54. The number of rotatable bonds is 3. The van der Waals surface area contributed by atoms with Gasteiger partial charge in [-0.3, -0.25) is 4.68 Å². The molecule has 0 bridgehead atoms. The molecule has 2 N–H and O–H groups in total. The molecule has 4 rings (SSSR count). The zero-order chi connectivity index (χ0) is 17.4. The van der Waals surface area contributed by atoms with E-state index >= 15 is 0 Å². The monoisotopic (exact) mass is 394 g/mol. The van der Waals surface area contributed by atoms with Crippen molar-refractivity contribution < 1.29 is 5.11 Å². The molecule has 0 aliphatic carbocycles. The van der Waals surface area contributed by atoms with Crippen LogP contribution in [0.3, 0.4) is 0 Å². The van der Waals surface area contributed by atoms with Crippen molar-refractivity contribution >= 4 is 38.2 Å². The van der Waals surface area contributed by atoms with E-state index in [1.54, 1.807) is 10.9 Å². The molecular formula is C19H15BrN4O. The number of benzene rings is 2. The molecule has 0 aliphatic rings. The van der Waals surface area contributed by atoms with Gasteiger partial charge in [0.15, 0.2) is 5.88 Å². The molecule has 0 amide bonds. The number of hydrogen-bond donors (Lipinski definition) is 2. The molecule has 2 aromatic carbocycles. The van der Waals surface area contributed by atoms with Gasteiger partial charge in [-0.05, 0) is 18.2 Å². The molecule has 124 valence electrons. The minimum atomic E-state index is 0.0968. The van der Waals surface area contributed by atoms with Gasteiger partial charge in [-0.25, -0.2) is 4.99 Å². The topological polar surface area (TPSA) is 66.2 Å². The smallest absolute Gasteiger partial charge is 0.199 e. The fraction of sp³-hybridized carbons (Fsp3) is 0.0526. The van der Waals surface area contributed by atoms with E-state index in [2.05, 4.69) is 26.0 Å². The van der Waals surface area contributed by atoms with Crippen molar-refractivity contribution in [2.24, 2.45) is 12.0 Å². The number of nitrogens with zero attached hydrogens (tertiary/aromatic N) is 3. The number of nitrogens with one attached hydrogen (secondary N) is 1. The molecule has 0 saturated heterocycles. The lowest BCUT2D eigenvalue weighted by Gasteiger charge is -2.07. The number of fused-ring (bicyclic) bond motifs is 1. The quantitative estimate of drug-likeness (QED) is 0.501. The summed E-state index contributed by atoms with van der Waals surface area (Å²) in [4.78, 5) is 7.80. The Bertz CT molecular complexity index is 1080. The van der Waals surface area contributed by atoms with Gasteiger partial charge in [-0.15, -0.1) is 0 Å². The highest BCUT2D eigenvalue weighted by atomic mass is 79.9. The average Bonchev–Trinajstić information content (AvgIpc) is 3.16. The van der Waals surface area contributed by atoms with E-state index in [1.807, 2.05) is 61.8 Å². The lowest BCUT2D eigenvalue weighted by Crippen LogP contribution is -2.02. The van der Waals surface area contributed by atoms with E-state index in [4.69, 9.17) is 4.99 Å². The lowest BCUT2D eigenvalue weighted by atomic mass is 10.0. The van der Waals surface area contributed by atoms with Crippen LogP contribution in [0.1, 0.15) is 11.1 Å². The molecule has 0 radical (unpaired) electrons. The molecule has 2 heterocycles. The number of aryl methyl sites for hydroxylation is 1. The molecule has 0 atom stereocenters. The Balaban J connectivity index is 2.00. The molecule has 25 heavy (non-hydrogen) atoms. The van der Waals surface area contributed by atoms with Gasteiger partial charge < -0.3 is 10.1 Å². The Hall–Kier alpha value is -2.86. The highest BCUT2D eigenvalue weighted by Crippen LogP contribution is 2.33. The Labute approximate surface area is 152 Å². The van der Waals surface area contributed by atoms with E-state index in [1.165, 1.54) is 0 Å². The van der Waals surface area contributed by atoms with E-state index < -0.39 is 0 Å². The minimum Gasteiger partial charge on any atom is -0.494 e. The molecule has 0 aliphatic heterocycles. The molecule has 4 aromatic rings. The van der Waals surface area contributed by atoms with Crippen LogP contribution in [-0.4, -0.2) is 25.6 Å². The highest BCUT2D eigenvalue weighted by Gasteiger charge is 2.19. The third-order valence-electron chi connectivity index (χ3n) is 3.96. The second-order valence-corrected chi connectivity index (χ2v) is 6.65. The first kappa shape index (κ1) is 15.7. The molecular weight excluding hydrogens is 380 g/mol. The predicted molar refractivity (Wildman–Crippen MR) is 103 cm³/mol. The number of aromatic amines is 1. The number of aromatic hydroxyl groups is 1. The van der Waals surface area contributed by atoms with Gasteiger partial charge in [-0.2, -0.15) is 5.10 Å². The summed E-state index contributed by atoms with van der Waals surface area (Å²) in [6, 6.07) is 15.7. The molecule has 6 heteroatoms. The normalized spacial score (nSPS) is 12.0. The molecule has 5 nitrogen and oxygen atoms in total. The van der Waals surface area contributed by atoms with Crippen LogP contribution in [0.4, 0.5) is 5.69 Å². The first-order valence-electron chi connectivity index (χ1n) is 7.75. The Kier molecular flexibility index (Phi) is 3.89. The van der Waals surface area contributed by atoms with Crippen molar-refractivity contribution in [2.45, 2.75) is 0 Å². The number of aromatic nitrogens is 3. The summed E-state index contributed by atoms with van der Waals surface area (Å²) in [5.41, 5.74) is 3.86. The summed E-state index contributed by atoms with van der Waals surface area (Å²) in [5, 5.41) is 15.6. The van der Waals surface area contributed by atoms with Crippen LogP contribution < -0.4 is 0 Å². The van der Waals surface area contributed by atoms with E-state index in [-0.39, 0.29) is 5.88 Å². The third kappa shape index (κ3) is 2.96. The Morgan fingerprint density at radius 2 is 2.00 bits per heavy atom. The number of H-pyrrole nitrogens is 1. The van der Waals surface area contributed by atoms with Gasteiger partial charge in [0.1, 0.15) is 5.69 Å². The SMILES string of the molecule is Cn1cc(N=C(c2ccccc2)c2c(O)[nH]c3ccc(Br)cc23)cn1. The van der Waals surface area contributed by atoms with E-state index in [0.29, 0.717) is 11.3 Å². The maximum atomic E-state index is 10.6. The fourth-order valence-corrected chi connectivity index (χ4v) is 3.21. The van der Waals surface area contributed by atoms with Gasteiger partial charge in [0.25, 0.3) is 0 Å². The summed E-state index contributed by atoms with van der Waals surface area (Å²) in [5.74, 6) is 0.0968. The molecule has 2 aromatic heterocycles. The third-order valence-corrected chi connectivity index (χ3v) is 4.45. The maximum Gasteiger partial charge on any atom is 0.199 e. The second kappa shape index (κ2) is 6.22. The summed E-state index contributed by atoms with van der Waals surface area (Å²) in [6.45, 7) is 0. The van der Waals surface area contributed by atoms with Gasteiger partial charge >= 0.3 is 0 Å². The maximum absolute atomic E-state index is 10.6. The first-order valence-corrected chi connectivity index (χ1v) is 8.54. The van der Waals surface area contributed by atoms with Crippen LogP contribution >= 0.6 is 15.9 Å². The van der Waals surface area contributed by atoms with E-state index in [0.717, 1.165) is 26.6 Å². The zero-order valence-electron chi connectivity index (χ0n) is 13.4. The van der Waals surface area contributed by atoms with Gasteiger partial charge in [0.2, 0.25) is 0 Å². The van der Waals surface area contributed by atoms with Gasteiger partial charge in [0.05, 0.1) is 23.7 Å². The first-order chi connectivity index (χ1) is 12.1. The van der Waals surface area contributed by atoms with Crippen LogP contribution in [0.5, 0.6) is 5.88 Å². The zero-order valence-corrected chi connectivity index (χ0v) is 15.0. The Morgan fingerprint density at radius 1 is 1.20 bits per heavy atom. The van der Waals surface area contributed by atoms with E-state index in [9.17, 15) is 5.11 Å². The largest absolute Gasteiger partial charge is 0.494 e. The van der Waals surface area contributed by atoms with Crippen LogP contribution in [0.15, 0.2) is 70.4 Å². The number of aliphatic imine (C=N–C) groups is 1. The molecule has 0 fully saturated rings. The minimum absolute atomic E-state index is 0.0968. The highest BCUT2D eigenvalue weighted by molar-refractivity contribution is 9.10. The number of halogens is 1. The lowest BCUT2D eigenvalue weighted by molar-refractivity contribution is 0.457. The van der Waals surface area contributed by atoms with Crippen LogP contribution in [0.25, 0.3) is 10.9 Å². The standard InChI is InChI=1S/C19H15BrN4O/c1-24-11-14(10-21-24)22-18(12-5-3-2-4-6-12)17-15-9-13(20)7-8-16(15)23-19(17)25/h2-11,23,25H,1H3. The summed E-state index contributed by atoms with van der Waals surface area (Å²) in [6.07, 6.45) is 3.54. The fourth-order valence-electron chi connectivity index (χ4n) is 2.85. The van der Waals surface area contributed by atoms with Crippen LogP contribution in [-0.2, 0) is 7.05 Å². The van der Waals surface area contributed by atoms with Crippen molar-refractivity contribution in [3.63, 3.8) is 0 Å². The summed E-state index contributed by atoms with van der Waals surface area (Å²) >= 11 is 3.50. The van der Waals surface area contributed by atoms with Gasteiger partial charge in [0, 0.05) is 28.0 Å². The summed E-state index contributed by atoms with van der Waals surface area (Å²) < 4.78 is 2.64. The molecule has 0 unspecified atom stereocenters. The Morgan fingerprint density at radius 3 is 2.72 bits per heavy atom. The average molecular weight is 395 g/mol. The van der Waals surface area contributed by atoms with Crippen LogP contribution in [0.2, 0.25) is 0 Å². The number of hydrogen-bond acceptors (Lipinski definition) is 3. The van der Waals surface area contributed by atoms with Gasteiger partial charge in [-0.1, -0.05) is 46.3 Å². The molecule has 0 saturated carbocycles. The second-order valence-electron chi connectivity index (χ2n) is 5.74. The van der Waals surface area contributed by atoms with Crippen molar-refractivity contribution in [3.8, 4) is 5.88 Å².